The molecule has 3 N–H and O–H groups in total. The highest BCUT2D eigenvalue weighted by Crippen LogP contribution is 2.27. The van der Waals surface area contributed by atoms with E-state index in [0.717, 1.165) is 5.52 Å². The van der Waals surface area contributed by atoms with Gasteiger partial charge >= 0.3 is 5.97 Å². The number of H-pyrrole nitrogens is 1. The van der Waals surface area contributed by atoms with E-state index in [1.54, 1.807) is 36.5 Å². The molecule has 0 aliphatic rings. The first-order chi connectivity index (χ1) is 10.2. The predicted octanol–water partition coefficient (Wildman–Crippen LogP) is 2.55. The number of hydrogen-bond donors (Lipinski definition) is 3. The maximum Gasteiger partial charge on any atom is 0.337 e. The van der Waals surface area contributed by atoms with Crippen molar-refractivity contribution < 1.29 is 19.7 Å². The minimum Gasteiger partial charge on any atom is -0.478 e. The van der Waals surface area contributed by atoms with Crippen LogP contribution >= 0.6 is 0 Å². The van der Waals surface area contributed by atoms with E-state index in [0.29, 0.717) is 22.6 Å². The standard InChI is InChI=1S/C15H12N2O4/c18-8-9-5-11(3-4-16-9)21-10-1-2-14-12(6-10)13(7-17-14)15(19)20/h1-7,17-18H,8H2,(H,19,20). The van der Waals surface area contributed by atoms with Gasteiger partial charge in [0.1, 0.15) is 11.5 Å². The fourth-order valence-electron chi connectivity index (χ4n) is 2.08. The summed E-state index contributed by atoms with van der Waals surface area (Å²) < 4.78 is 5.68. The molecule has 2 heterocycles. The number of aliphatic hydroxyl groups excluding tert-OH is 1. The zero-order valence-electron chi connectivity index (χ0n) is 10.9. The molecule has 0 bridgehead atoms. The Hall–Kier alpha value is -2.86. The van der Waals surface area contributed by atoms with Gasteiger partial charge in [0.25, 0.3) is 0 Å². The highest BCUT2D eigenvalue weighted by molar-refractivity contribution is 6.03. The van der Waals surface area contributed by atoms with Gasteiger partial charge < -0.3 is 19.9 Å². The molecule has 3 aromatic rings. The van der Waals surface area contributed by atoms with Crippen molar-refractivity contribution in [3.05, 3.63) is 54.0 Å². The Balaban J connectivity index is 1.96. The summed E-state index contributed by atoms with van der Waals surface area (Å²) in [6.45, 7) is -0.169. The van der Waals surface area contributed by atoms with Crippen LogP contribution in [-0.2, 0) is 6.61 Å². The van der Waals surface area contributed by atoms with Crippen LogP contribution in [0, 0.1) is 0 Å². The topological polar surface area (TPSA) is 95.4 Å². The molecule has 0 atom stereocenters. The summed E-state index contributed by atoms with van der Waals surface area (Å²) in [5.41, 5.74) is 1.42. The van der Waals surface area contributed by atoms with Crippen molar-refractivity contribution in [2.24, 2.45) is 0 Å². The minimum absolute atomic E-state index is 0.169. The number of hydrogen-bond acceptors (Lipinski definition) is 4. The Labute approximate surface area is 119 Å². The van der Waals surface area contributed by atoms with E-state index in [9.17, 15) is 4.79 Å². The minimum atomic E-state index is -0.995. The normalized spacial score (nSPS) is 10.7. The Morgan fingerprint density at radius 2 is 2.05 bits per heavy atom. The number of ether oxygens (including phenoxy) is 1. The molecule has 0 saturated carbocycles. The quantitative estimate of drug-likeness (QED) is 0.684. The highest BCUT2D eigenvalue weighted by Gasteiger charge is 2.11. The molecule has 0 aliphatic carbocycles. The van der Waals surface area contributed by atoms with Gasteiger partial charge in [0.2, 0.25) is 0 Å². The molecule has 0 spiro atoms. The van der Waals surface area contributed by atoms with Gasteiger partial charge in [-0.3, -0.25) is 4.98 Å². The van der Waals surface area contributed by atoms with Crippen LogP contribution in [0.3, 0.4) is 0 Å². The van der Waals surface area contributed by atoms with Gasteiger partial charge in [-0.25, -0.2) is 4.79 Å². The summed E-state index contributed by atoms with van der Waals surface area (Å²) in [6, 6.07) is 8.45. The molecule has 0 saturated heterocycles. The van der Waals surface area contributed by atoms with E-state index in [4.69, 9.17) is 14.9 Å². The fourth-order valence-corrected chi connectivity index (χ4v) is 2.08. The lowest BCUT2D eigenvalue weighted by Crippen LogP contribution is -1.94. The van der Waals surface area contributed by atoms with E-state index < -0.39 is 5.97 Å². The third-order valence-corrected chi connectivity index (χ3v) is 3.07. The fraction of sp³-hybridized carbons (Fsp3) is 0.0667. The van der Waals surface area contributed by atoms with E-state index in [2.05, 4.69) is 9.97 Å². The van der Waals surface area contributed by atoms with Crippen molar-refractivity contribution >= 4 is 16.9 Å². The molecule has 106 valence electrons. The van der Waals surface area contributed by atoms with Gasteiger partial charge in [0.05, 0.1) is 17.9 Å². The van der Waals surface area contributed by atoms with Gasteiger partial charge in [-0.2, -0.15) is 0 Å². The third kappa shape index (κ3) is 2.56. The average Bonchev–Trinajstić information content (AvgIpc) is 2.91. The van der Waals surface area contributed by atoms with Gasteiger partial charge in [0.15, 0.2) is 0 Å². The second-order valence-electron chi connectivity index (χ2n) is 4.46. The number of aromatic amines is 1. The zero-order chi connectivity index (χ0) is 14.8. The lowest BCUT2D eigenvalue weighted by Gasteiger charge is -2.06. The first kappa shape index (κ1) is 13.1. The summed E-state index contributed by atoms with van der Waals surface area (Å²) in [4.78, 5) is 18.0. The number of nitrogens with one attached hydrogen (secondary N) is 1. The number of aromatic carboxylic acids is 1. The SMILES string of the molecule is O=C(O)c1c[nH]c2ccc(Oc3ccnc(CO)c3)cc12. The molecule has 0 radical (unpaired) electrons. The lowest BCUT2D eigenvalue weighted by atomic mass is 10.1. The number of carboxylic acid groups (broad SMARTS) is 1. The molecule has 0 amide bonds. The van der Waals surface area contributed by atoms with Crippen molar-refractivity contribution in [2.75, 3.05) is 0 Å². The van der Waals surface area contributed by atoms with Gasteiger partial charge in [0, 0.05) is 29.4 Å². The van der Waals surface area contributed by atoms with Gasteiger partial charge in [-0.05, 0) is 24.3 Å². The second-order valence-corrected chi connectivity index (χ2v) is 4.46. The molecular weight excluding hydrogens is 272 g/mol. The number of nitrogens with zero attached hydrogens (tertiary/aromatic N) is 1. The van der Waals surface area contributed by atoms with E-state index in [1.165, 1.54) is 6.20 Å². The number of pyridine rings is 1. The monoisotopic (exact) mass is 284 g/mol. The molecule has 1 aromatic carbocycles. The Bertz CT molecular complexity index is 810. The largest absolute Gasteiger partial charge is 0.478 e. The number of aliphatic hydroxyl groups is 1. The first-order valence-electron chi connectivity index (χ1n) is 6.25. The van der Waals surface area contributed by atoms with Crippen LogP contribution in [0.25, 0.3) is 10.9 Å². The summed E-state index contributed by atoms with van der Waals surface area (Å²) in [6.07, 6.45) is 2.99. The summed E-state index contributed by atoms with van der Waals surface area (Å²) in [5.74, 6) is 0.0466. The van der Waals surface area contributed by atoms with Crippen molar-refractivity contribution in [3.63, 3.8) is 0 Å². The number of fused-ring (bicyclic) bond motifs is 1. The third-order valence-electron chi connectivity index (χ3n) is 3.07. The van der Waals surface area contributed by atoms with Crippen molar-refractivity contribution in [2.45, 2.75) is 6.61 Å². The molecule has 0 aliphatic heterocycles. The molecule has 0 unspecified atom stereocenters. The summed E-state index contributed by atoms with van der Waals surface area (Å²) in [7, 11) is 0. The van der Waals surface area contributed by atoms with Gasteiger partial charge in [-0.1, -0.05) is 0 Å². The van der Waals surface area contributed by atoms with Crippen molar-refractivity contribution in [1.82, 2.24) is 9.97 Å². The molecule has 0 fully saturated rings. The maximum absolute atomic E-state index is 11.1. The highest BCUT2D eigenvalue weighted by atomic mass is 16.5. The molecule has 2 aromatic heterocycles. The lowest BCUT2D eigenvalue weighted by molar-refractivity contribution is 0.0699. The number of rotatable bonds is 4. The molecule has 6 heteroatoms. The maximum atomic E-state index is 11.1. The van der Waals surface area contributed by atoms with Crippen LogP contribution in [-0.4, -0.2) is 26.2 Å². The van der Waals surface area contributed by atoms with Crippen LogP contribution in [0.4, 0.5) is 0 Å². The van der Waals surface area contributed by atoms with Crippen molar-refractivity contribution in [1.29, 1.82) is 0 Å². The molecular formula is C15H12N2O4. The smallest absolute Gasteiger partial charge is 0.337 e. The number of carbonyl (C=O) groups is 1. The first-order valence-corrected chi connectivity index (χ1v) is 6.25. The summed E-state index contributed by atoms with van der Waals surface area (Å²) in [5, 5.41) is 18.8. The summed E-state index contributed by atoms with van der Waals surface area (Å²) >= 11 is 0. The predicted molar refractivity (Wildman–Crippen MR) is 75.5 cm³/mol. The number of benzene rings is 1. The zero-order valence-corrected chi connectivity index (χ0v) is 10.9. The molecule has 6 nitrogen and oxygen atoms in total. The van der Waals surface area contributed by atoms with Crippen LogP contribution in [0.2, 0.25) is 0 Å². The van der Waals surface area contributed by atoms with Crippen molar-refractivity contribution in [3.8, 4) is 11.5 Å². The van der Waals surface area contributed by atoms with Crippen LogP contribution in [0.15, 0.2) is 42.7 Å². The van der Waals surface area contributed by atoms with E-state index in [-0.39, 0.29) is 12.2 Å². The molecule has 3 rings (SSSR count). The Kier molecular flexibility index (Phi) is 3.29. The molecule has 21 heavy (non-hydrogen) atoms. The van der Waals surface area contributed by atoms with Crippen LogP contribution < -0.4 is 4.74 Å². The number of aromatic nitrogens is 2. The van der Waals surface area contributed by atoms with E-state index >= 15 is 0 Å². The van der Waals surface area contributed by atoms with Crippen LogP contribution in [0.5, 0.6) is 11.5 Å². The average molecular weight is 284 g/mol. The van der Waals surface area contributed by atoms with Gasteiger partial charge in [-0.15, -0.1) is 0 Å². The second kappa shape index (κ2) is 5.26. The van der Waals surface area contributed by atoms with Crippen LogP contribution in [0.1, 0.15) is 16.1 Å². The Morgan fingerprint density at radius 1 is 1.24 bits per heavy atom. The Morgan fingerprint density at radius 3 is 2.81 bits per heavy atom. The van der Waals surface area contributed by atoms with E-state index in [1.807, 2.05) is 0 Å². The number of carboxylic acids is 1.